The fourth-order valence-corrected chi connectivity index (χ4v) is 5.18. The molecule has 0 heterocycles. The number of phosphoric acid groups is 1. The Balaban J connectivity index is 4.70. The molecule has 0 aromatic carbocycles. The lowest BCUT2D eigenvalue weighted by Crippen LogP contribution is -2.45. The summed E-state index contributed by atoms with van der Waals surface area (Å²) in [7, 11) is 1.54. The number of quaternary nitrogens is 1. The number of carbonyl (C=O) groups is 1. The first kappa shape index (κ1) is 42.7. The number of aliphatic hydroxyl groups is 1. The van der Waals surface area contributed by atoms with E-state index in [0.717, 1.165) is 57.8 Å². The summed E-state index contributed by atoms with van der Waals surface area (Å²) in [6.45, 7) is 4.68. The molecule has 0 saturated carbocycles. The largest absolute Gasteiger partial charge is 0.472 e. The van der Waals surface area contributed by atoms with Gasteiger partial charge in [-0.3, -0.25) is 13.8 Å². The molecule has 0 radical (unpaired) electrons. The minimum absolute atomic E-state index is 0.0532. The summed E-state index contributed by atoms with van der Waals surface area (Å²) < 4.78 is 23.3. The van der Waals surface area contributed by atoms with Crippen LogP contribution in [0.15, 0.2) is 36.5 Å². The predicted molar refractivity (Wildman–Crippen MR) is 184 cm³/mol. The van der Waals surface area contributed by atoms with Gasteiger partial charge in [0, 0.05) is 6.42 Å². The molecule has 0 fully saturated rings. The zero-order chi connectivity index (χ0) is 32.9. The van der Waals surface area contributed by atoms with Crippen molar-refractivity contribution in [1.82, 2.24) is 5.32 Å². The Morgan fingerprint density at radius 2 is 1.27 bits per heavy atom. The van der Waals surface area contributed by atoms with E-state index in [1.54, 1.807) is 6.08 Å². The normalized spacial score (nSPS) is 15.3. The third-order valence-electron chi connectivity index (χ3n) is 7.33. The van der Waals surface area contributed by atoms with E-state index >= 15 is 0 Å². The van der Waals surface area contributed by atoms with Crippen LogP contribution in [-0.2, 0) is 18.4 Å². The first-order chi connectivity index (χ1) is 21.0. The standard InChI is InChI=1S/C35H67N2O6P/c1-6-8-10-12-14-16-18-19-20-22-24-26-28-34(38)33(32-43-44(40,41)42-31-30-37(3,4)5)36-35(39)29-27-25-23-21-17-15-13-11-9-7-2/h13,15,19-20,26,28,33-34,38H,6-12,14,16-18,21-25,27,29-32H2,1-5H3,(H-,36,39,40,41)/p+1/b15-13-,20-19+,28-26+. The number of allylic oxidation sites excluding steroid dienone is 5. The number of nitrogens with zero attached hydrogens (tertiary/aromatic N) is 1. The molecule has 0 aromatic heterocycles. The van der Waals surface area contributed by atoms with Crippen LogP contribution in [0.25, 0.3) is 0 Å². The van der Waals surface area contributed by atoms with Crippen molar-refractivity contribution in [3.05, 3.63) is 36.5 Å². The second-order valence-electron chi connectivity index (χ2n) is 12.9. The molecular weight excluding hydrogens is 575 g/mol. The predicted octanol–water partition coefficient (Wildman–Crippen LogP) is 8.40. The van der Waals surface area contributed by atoms with Crippen LogP contribution in [-0.4, -0.2) is 73.4 Å². The highest BCUT2D eigenvalue weighted by Gasteiger charge is 2.27. The van der Waals surface area contributed by atoms with E-state index in [1.807, 2.05) is 27.2 Å². The summed E-state index contributed by atoms with van der Waals surface area (Å²) in [5.41, 5.74) is 0. The lowest BCUT2D eigenvalue weighted by atomic mass is 10.1. The van der Waals surface area contributed by atoms with Gasteiger partial charge in [0.05, 0.1) is 39.9 Å². The molecule has 0 aromatic rings. The fourth-order valence-electron chi connectivity index (χ4n) is 4.45. The maximum atomic E-state index is 12.7. The highest BCUT2D eigenvalue weighted by Crippen LogP contribution is 2.43. The summed E-state index contributed by atoms with van der Waals surface area (Å²) in [4.78, 5) is 22.8. The molecular formula is C35H68N2O6P+. The number of aliphatic hydroxyl groups excluding tert-OH is 1. The van der Waals surface area contributed by atoms with Gasteiger partial charge in [-0.05, 0) is 51.4 Å². The number of hydrogen-bond donors (Lipinski definition) is 3. The maximum Gasteiger partial charge on any atom is 0.472 e. The maximum absolute atomic E-state index is 12.7. The molecule has 0 aliphatic carbocycles. The molecule has 9 heteroatoms. The molecule has 0 spiro atoms. The van der Waals surface area contributed by atoms with E-state index < -0.39 is 20.0 Å². The Kier molecular flexibility index (Phi) is 27.2. The minimum Gasteiger partial charge on any atom is -0.387 e. The molecule has 3 unspecified atom stereocenters. The van der Waals surface area contributed by atoms with E-state index in [-0.39, 0.29) is 19.1 Å². The number of likely N-dealkylation sites (N-methyl/N-ethyl adjacent to an activating group) is 1. The summed E-state index contributed by atoms with van der Waals surface area (Å²) in [5, 5.41) is 13.6. The smallest absolute Gasteiger partial charge is 0.387 e. The van der Waals surface area contributed by atoms with Crippen molar-refractivity contribution in [2.75, 3.05) is 40.9 Å². The first-order valence-electron chi connectivity index (χ1n) is 17.4. The molecule has 258 valence electrons. The highest BCUT2D eigenvalue weighted by molar-refractivity contribution is 7.47. The molecule has 44 heavy (non-hydrogen) atoms. The van der Waals surface area contributed by atoms with Gasteiger partial charge in [0.25, 0.3) is 0 Å². The number of nitrogens with one attached hydrogen (secondary N) is 1. The number of hydrogen-bond acceptors (Lipinski definition) is 5. The van der Waals surface area contributed by atoms with E-state index in [1.165, 1.54) is 51.4 Å². The highest BCUT2D eigenvalue weighted by atomic mass is 31.2. The van der Waals surface area contributed by atoms with Crippen LogP contribution >= 0.6 is 7.82 Å². The van der Waals surface area contributed by atoms with Gasteiger partial charge < -0.3 is 19.8 Å². The van der Waals surface area contributed by atoms with Crippen LogP contribution in [0, 0.1) is 0 Å². The van der Waals surface area contributed by atoms with E-state index in [0.29, 0.717) is 17.4 Å². The minimum atomic E-state index is -4.33. The topological polar surface area (TPSA) is 105 Å². The van der Waals surface area contributed by atoms with E-state index in [2.05, 4.69) is 43.5 Å². The van der Waals surface area contributed by atoms with Gasteiger partial charge in [-0.15, -0.1) is 0 Å². The Bertz CT molecular complexity index is 825. The molecule has 0 aliphatic heterocycles. The fraction of sp³-hybridized carbons (Fsp3) is 0.800. The van der Waals surface area contributed by atoms with E-state index in [9.17, 15) is 19.4 Å². The zero-order valence-corrected chi connectivity index (χ0v) is 29.8. The van der Waals surface area contributed by atoms with Crippen molar-refractivity contribution in [2.24, 2.45) is 0 Å². The first-order valence-corrected chi connectivity index (χ1v) is 18.9. The quantitative estimate of drug-likeness (QED) is 0.0314. The van der Waals surface area contributed by atoms with Gasteiger partial charge in [-0.25, -0.2) is 4.57 Å². The average molecular weight is 644 g/mol. The average Bonchev–Trinajstić information content (AvgIpc) is 2.95. The molecule has 1 amide bonds. The number of amides is 1. The van der Waals surface area contributed by atoms with Crippen LogP contribution in [0.4, 0.5) is 0 Å². The number of carbonyl (C=O) groups excluding carboxylic acids is 1. The SMILES string of the molecule is CCCC/C=C\CCCCCCC(=O)NC(COP(=O)(O)OCC[N+](C)(C)C)C(O)/C=C/CC/C=C/CCCCCCCC. The Hall–Kier alpha value is -1.28. The molecule has 0 saturated heterocycles. The van der Waals surface area contributed by atoms with Crippen LogP contribution in [0.5, 0.6) is 0 Å². The number of unbranched alkanes of at least 4 members (excludes halogenated alkanes) is 13. The van der Waals surface area contributed by atoms with Crippen molar-refractivity contribution >= 4 is 13.7 Å². The van der Waals surface area contributed by atoms with Crippen molar-refractivity contribution in [1.29, 1.82) is 0 Å². The summed E-state index contributed by atoms with van der Waals surface area (Å²) in [5.74, 6) is -0.207. The van der Waals surface area contributed by atoms with Crippen LogP contribution in [0.3, 0.4) is 0 Å². The third-order valence-corrected chi connectivity index (χ3v) is 8.32. The monoisotopic (exact) mass is 643 g/mol. The molecule has 0 aliphatic rings. The molecule has 0 rings (SSSR count). The second-order valence-corrected chi connectivity index (χ2v) is 14.3. The van der Waals surface area contributed by atoms with E-state index in [4.69, 9.17) is 9.05 Å². The van der Waals surface area contributed by atoms with Gasteiger partial charge in [0.15, 0.2) is 0 Å². The second kappa shape index (κ2) is 28.0. The number of phosphoric ester groups is 1. The van der Waals surface area contributed by atoms with Crippen LogP contribution < -0.4 is 5.32 Å². The van der Waals surface area contributed by atoms with Crippen LogP contribution in [0.2, 0.25) is 0 Å². The summed E-state index contributed by atoms with van der Waals surface area (Å²) in [6.07, 6.45) is 30.7. The number of rotatable bonds is 30. The summed E-state index contributed by atoms with van der Waals surface area (Å²) >= 11 is 0. The van der Waals surface area contributed by atoms with Crippen molar-refractivity contribution in [3.8, 4) is 0 Å². The van der Waals surface area contributed by atoms with Crippen LogP contribution in [0.1, 0.15) is 129 Å². The lowest BCUT2D eigenvalue weighted by molar-refractivity contribution is -0.870. The van der Waals surface area contributed by atoms with Crippen molar-refractivity contribution in [2.45, 2.75) is 142 Å². The van der Waals surface area contributed by atoms with Gasteiger partial charge in [-0.2, -0.15) is 0 Å². The molecule has 3 atom stereocenters. The van der Waals surface area contributed by atoms with Gasteiger partial charge in [0.1, 0.15) is 13.2 Å². The Labute approximate surface area is 270 Å². The van der Waals surface area contributed by atoms with Crippen molar-refractivity contribution < 1.29 is 32.9 Å². The van der Waals surface area contributed by atoms with Gasteiger partial charge >= 0.3 is 7.82 Å². The lowest BCUT2D eigenvalue weighted by Gasteiger charge is -2.25. The summed E-state index contributed by atoms with van der Waals surface area (Å²) in [6, 6.07) is -0.863. The Morgan fingerprint density at radius 3 is 1.89 bits per heavy atom. The van der Waals surface area contributed by atoms with Crippen molar-refractivity contribution in [3.63, 3.8) is 0 Å². The molecule has 0 bridgehead atoms. The third kappa shape index (κ3) is 29.4. The van der Waals surface area contributed by atoms with Gasteiger partial charge in [-0.1, -0.05) is 108 Å². The molecule has 3 N–H and O–H groups in total. The Morgan fingerprint density at radius 1 is 0.750 bits per heavy atom. The van der Waals surface area contributed by atoms with Gasteiger partial charge in [0.2, 0.25) is 5.91 Å². The zero-order valence-electron chi connectivity index (χ0n) is 28.9. The molecule has 8 nitrogen and oxygen atoms in total.